The van der Waals surface area contributed by atoms with Crippen LogP contribution < -0.4 is 5.32 Å². The normalized spacial score (nSPS) is 25.2. The first-order chi connectivity index (χ1) is 7.25. The van der Waals surface area contributed by atoms with E-state index in [4.69, 9.17) is 5.11 Å². The van der Waals surface area contributed by atoms with Crippen molar-refractivity contribution in [1.29, 1.82) is 0 Å². The molecule has 0 aromatic carbocycles. The Labute approximate surface area is 90.3 Å². The van der Waals surface area contributed by atoms with E-state index >= 15 is 0 Å². The molecule has 0 unspecified atom stereocenters. The van der Waals surface area contributed by atoms with E-state index in [1.807, 2.05) is 19.3 Å². The molecule has 0 bridgehead atoms. The first-order valence-electron chi connectivity index (χ1n) is 5.62. The Morgan fingerprint density at radius 2 is 2.40 bits per heavy atom. The molecule has 15 heavy (non-hydrogen) atoms. The Kier molecular flexibility index (Phi) is 3.38. The van der Waals surface area contributed by atoms with E-state index in [1.165, 1.54) is 0 Å². The zero-order valence-corrected chi connectivity index (χ0v) is 9.19. The van der Waals surface area contributed by atoms with Crippen LogP contribution in [0.4, 0.5) is 0 Å². The third-order valence-corrected chi connectivity index (χ3v) is 3.10. The second-order valence-corrected chi connectivity index (χ2v) is 4.36. The summed E-state index contributed by atoms with van der Waals surface area (Å²) in [5, 5.41) is 12.5. The fourth-order valence-electron chi connectivity index (χ4n) is 2.01. The lowest BCUT2D eigenvalue weighted by molar-refractivity contribution is 0.0431. The van der Waals surface area contributed by atoms with Gasteiger partial charge in [0.1, 0.15) is 5.82 Å². The fourth-order valence-corrected chi connectivity index (χ4v) is 2.01. The maximum atomic E-state index is 9.12. The third kappa shape index (κ3) is 2.79. The van der Waals surface area contributed by atoms with Crippen molar-refractivity contribution in [3.05, 3.63) is 18.2 Å². The average Bonchev–Trinajstić information content (AvgIpc) is 2.55. The molecule has 0 spiro atoms. The summed E-state index contributed by atoms with van der Waals surface area (Å²) in [5.74, 6) is 1.75. The number of imidazole rings is 1. The smallest absolute Gasteiger partial charge is 0.105 e. The zero-order valence-electron chi connectivity index (χ0n) is 9.19. The second kappa shape index (κ2) is 4.77. The summed E-state index contributed by atoms with van der Waals surface area (Å²) in [6.45, 7) is 5.00. The minimum atomic E-state index is -0.0345. The van der Waals surface area contributed by atoms with E-state index in [-0.39, 0.29) is 6.10 Å². The van der Waals surface area contributed by atoms with Gasteiger partial charge in [0.05, 0.1) is 6.10 Å². The molecule has 2 N–H and O–H groups in total. The summed E-state index contributed by atoms with van der Waals surface area (Å²) in [7, 11) is 0. The van der Waals surface area contributed by atoms with E-state index in [9.17, 15) is 0 Å². The zero-order chi connectivity index (χ0) is 10.7. The van der Waals surface area contributed by atoms with Crippen molar-refractivity contribution in [2.75, 3.05) is 13.1 Å². The number of nitrogens with zero attached hydrogens (tertiary/aromatic N) is 2. The van der Waals surface area contributed by atoms with Gasteiger partial charge in [-0.15, -0.1) is 0 Å². The number of hydrogen-bond donors (Lipinski definition) is 2. The van der Waals surface area contributed by atoms with Crippen LogP contribution in [0.25, 0.3) is 0 Å². The standard InChI is InChI=1S/C11H19N3O/c1-9-13-3-5-14(9)4-2-12-8-10-6-11(15)7-10/h3,5,10-12,15H,2,4,6-8H2,1H3. The first-order valence-corrected chi connectivity index (χ1v) is 5.62. The van der Waals surface area contributed by atoms with Crippen LogP contribution in [-0.2, 0) is 6.54 Å². The SMILES string of the molecule is Cc1nccn1CCNCC1CC(O)C1. The van der Waals surface area contributed by atoms with Crippen molar-refractivity contribution in [2.45, 2.75) is 32.4 Å². The van der Waals surface area contributed by atoms with Crippen LogP contribution >= 0.6 is 0 Å². The van der Waals surface area contributed by atoms with Gasteiger partial charge in [-0.2, -0.15) is 0 Å². The predicted molar refractivity (Wildman–Crippen MR) is 58.6 cm³/mol. The molecule has 1 aliphatic rings. The van der Waals surface area contributed by atoms with Crippen molar-refractivity contribution in [2.24, 2.45) is 5.92 Å². The Morgan fingerprint density at radius 3 is 3.00 bits per heavy atom. The molecule has 1 aromatic rings. The van der Waals surface area contributed by atoms with Crippen molar-refractivity contribution < 1.29 is 5.11 Å². The van der Waals surface area contributed by atoms with E-state index < -0.39 is 0 Å². The molecule has 1 heterocycles. The van der Waals surface area contributed by atoms with Crippen LogP contribution in [0, 0.1) is 12.8 Å². The highest BCUT2D eigenvalue weighted by atomic mass is 16.3. The number of aryl methyl sites for hydroxylation is 1. The van der Waals surface area contributed by atoms with Gasteiger partial charge in [-0.1, -0.05) is 0 Å². The second-order valence-electron chi connectivity index (χ2n) is 4.36. The Morgan fingerprint density at radius 1 is 1.60 bits per heavy atom. The Hall–Kier alpha value is -0.870. The molecular formula is C11H19N3O. The van der Waals surface area contributed by atoms with Gasteiger partial charge in [0.25, 0.3) is 0 Å². The molecule has 84 valence electrons. The highest BCUT2D eigenvalue weighted by Gasteiger charge is 2.26. The van der Waals surface area contributed by atoms with Crippen LogP contribution in [0.1, 0.15) is 18.7 Å². The van der Waals surface area contributed by atoms with Gasteiger partial charge in [-0.25, -0.2) is 4.98 Å². The quantitative estimate of drug-likeness (QED) is 0.696. The molecule has 4 nitrogen and oxygen atoms in total. The maximum absolute atomic E-state index is 9.12. The topological polar surface area (TPSA) is 50.1 Å². The molecule has 1 saturated carbocycles. The molecule has 0 aliphatic heterocycles. The van der Waals surface area contributed by atoms with E-state index in [2.05, 4.69) is 14.9 Å². The number of aromatic nitrogens is 2. The Balaban J connectivity index is 1.58. The molecule has 1 fully saturated rings. The van der Waals surface area contributed by atoms with Gasteiger partial charge in [-0.3, -0.25) is 0 Å². The van der Waals surface area contributed by atoms with Crippen molar-refractivity contribution in [3.63, 3.8) is 0 Å². The molecule has 0 saturated heterocycles. The summed E-state index contributed by atoms with van der Waals surface area (Å²) in [6.07, 6.45) is 5.74. The lowest BCUT2D eigenvalue weighted by Crippen LogP contribution is -2.37. The number of hydrogen-bond acceptors (Lipinski definition) is 3. The highest BCUT2D eigenvalue weighted by molar-refractivity contribution is 4.88. The average molecular weight is 209 g/mol. The van der Waals surface area contributed by atoms with Gasteiger partial charge >= 0.3 is 0 Å². The highest BCUT2D eigenvalue weighted by Crippen LogP contribution is 2.25. The van der Waals surface area contributed by atoms with Gasteiger partial charge in [0, 0.05) is 25.5 Å². The van der Waals surface area contributed by atoms with Crippen molar-refractivity contribution in [3.8, 4) is 0 Å². The summed E-state index contributed by atoms with van der Waals surface area (Å²) in [4.78, 5) is 4.17. The molecule has 4 heteroatoms. The van der Waals surface area contributed by atoms with Crippen LogP contribution in [-0.4, -0.2) is 33.9 Å². The van der Waals surface area contributed by atoms with Gasteiger partial charge in [0.15, 0.2) is 0 Å². The van der Waals surface area contributed by atoms with E-state index in [0.717, 1.165) is 38.3 Å². The Bertz CT molecular complexity index is 305. The van der Waals surface area contributed by atoms with Gasteiger partial charge in [0.2, 0.25) is 0 Å². The lowest BCUT2D eigenvalue weighted by atomic mass is 9.82. The number of rotatable bonds is 5. The molecule has 0 radical (unpaired) electrons. The summed E-state index contributed by atoms with van der Waals surface area (Å²) < 4.78 is 2.14. The summed E-state index contributed by atoms with van der Waals surface area (Å²) in [5.41, 5.74) is 0. The van der Waals surface area contributed by atoms with Crippen molar-refractivity contribution >= 4 is 0 Å². The fraction of sp³-hybridized carbons (Fsp3) is 0.727. The van der Waals surface area contributed by atoms with Crippen LogP contribution in [0.15, 0.2) is 12.4 Å². The molecule has 0 atom stereocenters. The minimum Gasteiger partial charge on any atom is -0.393 e. The van der Waals surface area contributed by atoms with Crippen LogP contribution in [0.2, 0.25) is 0 Å². The van der Waals surface area contributed by atoms with E-state index in [1.54, 1.807) is 0 Å². The molecule has 2 rings (SSSR count). The largest absolute Gasteiger partial charge is 0.393 e. The molecule has 0 amide bonds. The summed E-state index contributed by atoms with van der Waals surface area (Å²) >= 11 is 0. The lowest BCUT2D eigenvalue weighted by Gasteiger charge is -2.31. The van der Waals surface area contributed by atoms with Crippen LogP contribution in [0.5, 0.6) is 0 Å². The molecule has 1 aliphatic carbocycles. The number of aliphatic hydroxyl groups excluding tert-OH is 1. The van der Waals surface area contributed by atoms with Gasteiger partial charge in [-0.05, 0) is 32.2 Å². The molecular weight excluding hydrogens is 190 g/mol. The van der Waals surface area contributed by atoms with Crippen LogP contribution in [0.3, 0.4) is 0 Å². The third-order valence-electron chi connectivity index (χ3n) is 3.10. The number of aliphatic hydroxyl groups is 1. The van der Waals surface area contributed by atoms with Gasteiger partial charge < -0.3 is 15.0 Å². The number of nitrogens with one attached hydrogen (secondary N) is 1. The summed E-state index contributed by atoms with van der Waals surface area (Å²) in [6, 6.07) is 0. The maximum Gasteiger partial charge on any atom is 0.105 e. The van der Waals surface area contributed by atoms with E-state index in [0.29, 0.717) is 5.92 Å². The first kappa shape index (κ1) is 10.6. The molecule has 1 aromatic heterocycles. The minimum absolute atomic E-state index is 0.0345. The monoisotopic (exact) mass is 209 g/mol. The van der Waals surface area contributed by atoms with Crippen molar-refractivity contribution in [1.82, 2.24) is 14.9 Å². The predicted octanol–water partition coefficient (Wildman–Crippen LogP) is 0.552.